The first-order valence-electron chi connectivity index (χ1n) is 10.1. The highest BCUT2D eigenvalue weighted by Crippen LogP contribution is 2.29. The number of benzene rings is 1. The molecule has 0 bridgehead atoms. The summed E-state index contributed by atoms with van der Waals surface area (Å²) in [6, 6.07) is 8.23. The number of likely N-dealkylation sites (tertiary alicyclic amines) is 1. The normalized spacial score (nSPS) is 20.9. The van der Waals surface area contributed by atoms with E-state index in [2.05, 4.69) is 40.7 Å². The van der Waals surface area contributed by atoms with Gasteiger partial charge >= 0.3 is 0 Å². The molecule has 3 rings (SSSR count). The minimum atomic E-state index is -0.0207. The zero-order chi connectivity index (χ0) is 18.5. The van der Waals surface area contributed by atoms with Crippen LogP contribution in [-0.2, 0) is 4.79 Å². The number of anilines is 1. The number of carbonyl (C=O) groups excluding carboxylic acids is 1. The summed E-state index contributed by atoms with van der Waals surface area (Å²) in [5.74, 6) is 2.01. The predicted octanol–water partition coefficient (Wildman–Crippen LogP) is 2.85. The lowest BCUT2D eigenvalue weighted by Crippen LogP contribution is -2.55. The standard InChI is InChI=1S/C21H33N3O2/c1-4-26-20-8-6-5-7-19(20)23-15-13-22(14-16-23)18(3)21(25)24-11-9-17(2)10-12-24/h5-8,17-18H,4,9-16H2,1-3H3. The Balaban J connectivity index is 1.55. The Bertz CT molecular complexity index is 591. The number of para-hydroxylation sites is 2. The minimum Gasteiger partial charge on any atom is -0.492 e. The number of rotatable bonds is 5. The molecule has 2 fully saturated rings. The molecular weight excluding hydrogens is 326 g/mol. The smallest absolute Gasteiger partial charge is 0.239 e. The topological polar surface area (TPSA) is 36.0 Å². The number of nitrogens with zero attached hydrogens (tertiary/aromatic N) is 3. The quantitative estimate of drug-likeness (QED) is 0.810. The maximum atomic E-state index is 12.8. The minimum absolute atomic E-state index is 0.0207. The Morgan fingerprint density at radius 1 is 1.12 bits per heavy atom. The van der Waals surface area contributed by atoms with Crippen LogP contribution in [0.3, 0.4) is 0 Å². The zero-order valence-corrected chi connectivity index (χ0v) is 16.5. The second kappa shape index (κ2) is 8.76. The molecular formula is C21H33N3O2. The molecule has 0 radical (unpaired) electrons. The van der Waals surface area contributed by atoms with E-state index in [1.165, 1.54) is 0 Å². The van der Waals surface area contributed by atoms with Crippen LogP contribution in [0.4, 0.5) is 5.69 Å². The first-order chi connectivity index (χ1) is 12.6. The van der Waals surface area contributed by atoms with Crippen molar-refractivity contribution < 1.29 is 9.53 Å². The van der Waals surface area contributed by atoms with Gasteiger partial charge < -0.3 is 14.5 Å². The van der Waals surface area contributed by atoms with Gasteiger partial charge in [-0.15, -0.1) is 0 Å². The molecule has 0 aliphatic carbocycles. The van der Waals surface area contributed by atoms with Gasteiger partial charge in [0.15, 0.2) is 0 Å². The van der Waals surface area contributed by atoms with Crippen molar-refractivity contribution in [3.8, 4) is 5.75 Å². The number of piperidine rings is 1. The molecule has 1 atom stereocenters. The Labute approximate surface area is 157 Å². The highest BCUT2D eigenvalue weighted by Gasteiger charge is 2.30. The van der Waals surface area contributed by atoms with Crippen LogP contribution in [0, 0.1) is 5.92 Å². The lowest BCUT2D eigenvalue weighted by Gasteiger charge is -2.41. The van der Waals surface area contributed by atoms with Crippen LogP contribution in [0.15, 0.2) is 24.3 Å². The van der Waals surface area contributed by atoms with Crippen LogP contribution in [0.1, 0.15) is 33.6 Å². The summed E-state index contributed by atoms with van der Waals surface area (Å²) in [6.07, 6.45) is 2.28. The SMILES string of the molecule is CCOc1ccccc1N1CCN(C(C)C(=O)N2CCC(C)CC2)CC1. The van der Waals surface area contributed by atoms with E-state index >= 15 is 0 Å². The molecule has 0 spiro atoms. The molecule has 1 amide bonds. The third-order valence-corrected chi connectivity index (χ3v) is 5.82. The molecule has 144 valence electrons. The van der Waals surface area contributed by atoms with Gasteiger partial charge in [-0.2, -0.15) is 0 Å². The van der Waals surface area contributed by atoms with E-state index in [-0.39, 0.29) is 6.04 Å². The van der Waals surface area contributed by atoms with E-state index in [9.17, 15) is 4.79 Å². The van der Waals surface area contributed by atoms with Crippen molar-refractivity contribution in [3.05, 3.63) is 24.3 Å². The summed E-state index contributed by atoms with van der Waals surface area (Å²) in [5.41, 5.74) is 1.16. The fraction of sp³-hybridized carbons (Fsp3) is 0.667. The van der Waals surface area contributed by atoms with E-state index in [4.69, 9.17) is 4.74 Å². The van der Waals surface area contributed by atoms with Crippen molar-refractivity contribution in [1.82, 2.24) is 9.80 Å². The summed E-state index contributed by atoms with van der Waals surface area (Å²) in [6.45, 7) is 12.6. The van der Waals surface area contributed by atoms with Gasteiger partial charge in [0, 0.05) is 39.3 Å². The third-order valence-electron chi connectivity index (χ3n) is 5.82. The first-order valence-corrected chi connectivity index (χ1v) is 10.1. The summed E-state index contributed by atoms with van der Waals surface area (Å²) in [5, 5.41) is 0. The van der Waals surface area contributed by atoms with Crippen LogP contribution < -0.4 is 9.64 Å². The molecule has 2 aliphatic heterocycles. The fourth-order valence-corrected chi connectivity index (χ4v) is 4.00. The first kappa shape index (κ1) is 19.0. The molecule has 0 saturated carbocycles. The zero-order valence-electron chi connectivity index (χ0n) is 16.5. The van der Waals surface area contributed by atoms with Gasteiger partial charge in [-0.25, -0.2) is 0 Å². The third kappa shape index (κ3) is 4.32. The van der Waals surface area contributed by atoms with Gasteiger partial charge in [0.25, 0.3) is 0 Å². The van der Waals surface area contributed by atoms with Crippen molar-refractivity contribution in [2.75, 3.05) is 50.8 Å². The lowest BCUT2D eigenvalue weighted by molar-refractivity contribution is -0.137. The highest BCUT2D eigenvalue weighted by molar-refractivity contribution is 5.81. The van der Waals surface area contributed by atoms with Crippen molar-refractivity contribution in [1.29, 1.82) is 0 Å². The monoisotopic (exact) mass is 359 g/mol. The molecule has 5 nitrogen and oxygen atoms in total. The fourth-order valence-electron chi connectivity index (χ4n) is 4.00. The lowest BCUT2D eigenvalue weighted by atomic mass is 9.98. The second-order valence-electron chi connectivity index (χ2n) is 7.61. The summed E-state index contributed by atoms with van der Waals surface area (Å²) in [7, 11) is 0. The van der Waals surface area contributed by atoms with E-state index in [0.717, 1.165) is 69.5 Å². The maximum absolute atomic E-state index is 12.8. The second-order valence-corrected chi connectivity index (χ2v) is 7.61. The van der Waals surface area contributed by atoms with E-state index in [1.54, 1.807) is 0 Å². The predicted molar refractivity (Wildman–Crippen MR) is 106 cm³/mol. The number of amides is 1. The average Bonchev–Trinajstić information content (AvgIpc) is 2.68. The van der Waals surface area contributed by atoms with Crippen molar-refractivity contribution in [2.45, 2.75) is 39.7 Å². The summed E-state index contributed by atoms with van der Waals surface area (Å²) < 4.78 is 5.77. The summed E-state index contributed by atoms with van der Waals surface area (Å²) >= 11 is 0. The molecule has 2 aliphatic rings. The van der Waals surface area contributed by atoms with Crippen LogP contribution >= 0.6 is 0 Å². The molecule has 1 aromatic carbocycles. The maximum Gasteiger partial charge on any atom is 0.239 e. The molecule has 0 aromatic heterocycles. The molecule has 0 N–H and O–H groups in total. The van der Waals surface area contributed by atoms with Gasteiger partial charge in [-0.05, 0) is 44.7 Å². The van der Waals surface area contributed by atoms with Crippen LogP contribution in [-0.4, -0.2) is 67.6 Å². The van der Waals surface area contributed by atoms with Gasteiger partial charge in [0.05, 0.1) is 18.3 Å². The highest BCUT2D eigenvalue weighted by atomic mass is 16.5. The van der Waals surface area contributed by atoms with Crippen molar-refractivity contribution >= 4 is 11.6 Å². The molecule has 2 saturated heterocycles. The summed E-state index contributed by atoms with van der Waals surface area (Å²) in [4.78, 5) is 19.6. The van der Waals surface area contributed by atoms with Crippen LogP contribution in [0.2, 0.25) is 0 Å². The average molecular weight is 360 g/mol. The Kier molecular flexibility index (Phi) is 6.41. The van der Waals surface area contributed by atoms with E-state index < -0.39 is 0 Å². The van der Waals surface area contributed by atoms with Crippen molar-refractivity contribution in [3.63, 3.8) is 0 Å². The van der Waals surface area contributed by atoms with E-state index in [1.807, 2.05) is 19.1 Å². The Morgan fingerprint density at radius 2 is 1.77 bits per heavy atom. The molecule has 1 unspecified atom stereocenters. The number of hydrogen-bond acceptors (Lipinski definition) is 4. The Hall–Kier alpha value is -1.75. The molecule has 1 aromatic rings. The van der Waals surface area contributed by atoms with Crippen LogP contribution in [0.5, 0.6) is 5.75 Å². The number of ether oxygens (including phenoxy) is 1. The van der Waals surface area contributed by atoms with E-state index in [0.29, 0.717) is 12.5 Å². The van der Waals surface area contributed by atoms with Gasteiger partial charge in [0.1, 0.15) is 5.75 Å². The van der Waals surface area contributed by atoms with Crippen LogP contribution in [0.25, 0.3) is 0 Å². The van der Waals surface area contributed by atoms with Crippen molar-refractivity contribution in [2.24, 2.45) is 5.92 Å². The Morgan fingerprint density at radius 3 is 2.42 bits per heavy atom. The number of hydrogen-bond donors (Lipinski definition) is 0. The molecule has 5 heteroatoms. The molecule has 26 heavy (non-hydrogen) atoms. The number of carbonyl (C=O) groups is 1. The van der Waals surface area contributed by atoms with Gasteiger partial charge in [0.2, 0.25) is 5.91 Å². The number of piperazine rings is 1. The van der Waals surface area contributed by atoms with Gasteiger partial charge in [-0.1, -0.05) is 19.1 Å². The largest absolute Gasteiger partial charge is 0.492 e. The molecule has 2 heterocycles. The van der Waals surface area contributed by atoms with Gasteiger partial charge in [-0.3, -0.25) is 9.69 Å².